The number of fused-ring (bicyclic) bond motifs is 1. The molecule has 2 aliphatic rings. The molecule has 2 amide bonds. The van der Waals surface area contributed by atoms with Crippen LogP contribution in [0.15, 0.2) is 42.2 Å². The molecule has 6 atom stereocenters. The maximum atomic E-state index is 13.9. The molecule has 0 unspecified atom stereocenters. The minimum atomic E-state index is -1.41. The molecule has 0 spiro atoms. The first-order valence-corrected chi connectivity index (χ1v) is 20.0. The van der Waals surface area contributed by atoms with Crippen molar-refractivity contribution < 1.29 is 58.2 Å². The fourth-order valence-electron chi connectivity index (χ4n) is 6.61. The van der Waals surface area contributed by atoms with Gasteiger partial charge in [0.2, 0.25) is 11.8 Å². The average Bonchev–Trinajstić information content (AvgIpc) is 3.52. The zero-order valence-electron chi connectivity index (χ0n) is 33.9. The summed E-state index contributed by atoms with van der Waals surface area (Å²) >= 11 is 0. The molecule has 14 nitrogen and oxygen atoms in total. The van der Waals surface area contributed by atoms with E-state index in [1.165, 1.54) is 13.2 Å². The van der Waals surface area contributed by atoms with Gasteiger partial charge >= 0.3 is 11.9 Å². The maximum Gasteiger partial charge on any atom is 0.338 e. The normalized spacial score (nSPS) is 20.7. The van der Waals surface area contributed by atoms with Crippen molar-refractivity contribution in [3.63, 3.8) is 0 Å². The van der Waals surface area contributed by atoms with Crippen LogP contribution < -0.4 is 10.6 Å². The Labute approximate surface area is 331 Å². The molecule has 314 valence electrons. The first-order chi connectivity index (χ1) is 26.6. The SMILES string of the molecule is CCCCCC1(CCCCC)O[C@@H]2[C@@H](C=C(C(=O)N[C@@H](C(=O)N[C@H](CO)CCC(=O)OC(C)(C)C)[C@H](C)O)C[C@H]2OC(=O)c2ccc(C=COCCO)cc2)O1. The summed E-state index contributed by atoms with van der Waals surface area (Å²) < 4.78 is 29.9. The summed E-state index contributed by atoms with van der Waals surface area (Å²) in [4.78, 5) is 53.1. The van der Waals surface area contributed by atoms with Gasteiger partial charge in [0.15, 0.2) is 5.79 Å². The number of amides is 2. The number of unbranched alkanes of at least 4 members (excludes halogenated alkanes) is 4. The Kier molecular flexibility index (Phi) is 19.0. The average molecular weight is 789 g/mol. The maximum absolute atomic E-state index is 13.9. The second-order valence-corrected chi connectivity index (χ2v) is 15.6. The minimum absolute atomic E-state index is 0.0472. The van der Waals surface area contributed by atoms with Gasteiger partial charge in [0.05, 0.1) is 37.2 Å². The molecule has 1 aromatic rings. The molecule has 1 aliphatic heterocycles. The fraction of sp³-hybridized carbons (Fsp3) is 0.667. The van der Waals surface area contributed by atoms with Crippen molar-refractivity contribution in [2.75, 3.05) is 19.8 Å². The Balaban J connectivity index is 1.83. The van der Waals surface area contributed by atoms with E-state index in [1.807, 2.05) is 0 Å². The summed E-state index contributed by atoms with van der Waals surface area (Å²) in [5, 5.41) is 34.7. The van der Waals surface area contributed by atoms with Gasteiger partial charge in [0.25, 0.3) is 0 Å². The molecule has 1 heterocycles. The number of aliphatic hydroxyl groups is 3. The van der Waals surface area contributed by atoms with Crippen LogP contribution in [0.2, 0.25) is 0 Å². The van der Waals surface area contributed by atoms with Gasteiger partial charge in [0.1, 0.15) is 36.6 Å². The fourth-order valence-corrected chi connectivity index (χ4v) is 6.61. The molecular formula is C42H64N2O12. The van der Waals surface area contributed by atoms with Gasteiger partial charge < -0.3 is 49.6 Å². The van der Waals surface area contributed by atoms with Gasteiger partial charge in [0, 0.05) is 31.3 Å². The monoisotopic (exact) mass is 788 g/mol. The van der Waals surface area contributed by atoms with Crippen LogP contribution in [0, 0.1) is 0 Å². The smallest absolute Gasteiger partial charge is 0.338 e. The van der Waals surface area contributed by atoms with Crippen LogP contribution in [0.3, 0.4) is 0 Å². The standard InChI is InChI=1S/C42H64N2O12/c1-7-9-11-20-42(21-12-10-8-2)54-34-26-31(25-33(37(34)56-42)53-40(51)30-15-13-29(14-16-30)19-23-52-24-22-45)38(49)44-36(28(3)47)39(50)43-32(27-46)17-18-35(48)55-41(4,5)6/h13-16,19,23,26,28,32-34,36-37,45-47H,7-12,17-18,20-22,24-25,27H2,1-6H3,(H,43,50)(H,44,49)/t28-,32-,33+,34+,36+,37-/m0/s1. The van der Waals surface area contributed by atoms with Crippen LogP contribution in [0.5, 0.6) is 0 Å². The first-order valence-electron chi connectivity index (χ1n) is 20.0. The molecule has 1 saturated heterocycles. The van der Waals surface area contributed by atoms with Crippen molar-refractivity contribution in [2.45, 2.75) is 160 Å². The lowest BCUT2D eigenvalue weighted by molar-refractivity contribution is -0.190. The molecule has 1 aromatic carbocycles. The van der Waals surface area contributed by atoms with E-state index in [1.54, 1.807) is 57.2 Å². The second-order valence-electron chi connectivity index (χ2n) is 15.6. The zero-order valence-corrected chi connectivity index (χ0v) is 33.9. The Morgan fingerprint density at radius 3 is 2.21 bits per heavy atom. The largest absolute Gasteiger partial charge is 0.499 e. The van der Waals surface area contributed by atoms with E-state index in [9.17, 15) is 29.4 Å². The van der Waals surface area contributed by atoms with Crippen LogP contribution in [-0.4, -0.2) is 107 Å². The molecule has 0 aromatic heterocycles. The summed E-state index contributed by atoms with van der Waals surface area (Å²) in [6.45, 7) is 10.4. The third-order valence-corrected chi connectivity index (χ3v) is 9.50. The molecule has 14 heteroatoms. The lowest BCUT2D eigenvalue weighted by atomic mass is 9.91. The molecule has 5 N–H and O–H groups in total. The van der Waals surface area contributed by atoms with Crippen LogP contribution in [-0.2, 0) is 38.1 Å². The second kappa shape index (κ2) is 22.8. The number of carbonyl (C=O) groups excluding carboxylic acids is 4. The summed E-state index contributed by atoms with van der Waals surface area (Å²) in [6.07, 6.45) is 8.08. The summed E-state index contributed by atoms with van der Waals surface area (Å²) in [6, 6.07) is 4.42. The van der Waals surface area contributed by atoms with Gasteiger partial charge in [-0.3, -0.25) is 14.4 Å². The van der Waals surface area contributed by atoms with Gasteiger partial charge in [-0.15, -0.1) is 0 Å². The Morgan fingerprint density at radius 2 is 1.64 bits per heavy atom. The first kappa shape index (κ1) is 46.6. The van der Waals surface area contributed by atoms with Crippen LogP contribution in [0.4, 0.5) is 0 Å². The highest BCUT2D eigenvalue weighted by molar-refractivity contribution is 5.97. The van der Waals surface area contributed by atoms with E-state index in [4.69, 9.17) is 28.8 Å². The molecule has 0 radical (unpaired) electrons. The van der Waals surface area contributed by atoms with Crippen molar-refractivity contribution in [2.24, 2.45) is 0 Å². The number of carbonyl (C=O) groups is 4. The number of rotatable bonds is 23. The van der Waals surface area contributed by atoms with Gasteiger partial charge in [-0.25, -0.2) is 4.79 Å². The highest BCUT2D eigenvalue weighted by atomic mass is 16.8. The number of esters is 2. The Morgan fingerprint density at radius 1 is 0.982 bits per heavy atom. The highest BCUT2D eigenvalue weighted by Crippen LogP contribution is 2.43. The van der Waals surface area contributed by atoms with Crippen molar-refractivity contribution in [1.29, 1.82) is 0 Å². The third-order valence-electron chi connectivity index (χ3n) is 9.50. The molecule has 1 fully saturated rings. The topological polar surface area (TPSA) is 199 Å². The van der Waals surface area contributed by atoms with E-state index in [2.05, 4.69) is 24.5 Å². The summed E-state index contributed by atoms with van der Waals surface area (Å²) in [5.41, 5.74) is 0.545. The molecule has 0 bridgehead atoms. The number of hydrogen-bond donors (Lipinski definition) is 5. The number of aliphatic hydroxyl groups excluding tert-OH is 3. The number of benzene rings is 1. The number of hydrogen-bond acceptors (Lipinski definition) is 12. The zero-order chi connectivity index (χ0) is 41.3. The predicted octanol–water partition coefficient (Wildman–Crippen LogP) is 4.63. The summed E-state index contributed by atoms with van der Waals surface area (Å²) in [7, 11) is 0. The van der Waals surface area contributed by atoms with Gasteiger partial charge in [-0.2, -0.15) is 0 Å². The van der Waals surface area contributed by atoms with E-state index in [0.29, 0.717) is 12.8 Å². The van der Waals surface area contributed by atoms with E-state index < -0.39 is 78.2 Å². The van der Waals surface area contributed by atoms with Crippen molar-refractivity contribution in [3.8, 4) is 0 Å². The van der Waals surface area contributed by atoms with Crippen molar-refractivity contribution in [3.05, 3.63) is 53.3 Å². The third kappa shape index (κ3) is 14.9. The predicted molar refractivity (Wildman–Crippen MR) is 209 cm³/mol. The van der Waals surface area contributed by atoms with Gasteiger partial charge in [-0.05, 0) is 76.8 Å². The molecule has 0 saturated carbocycles. The molecule has 56 heavy (non-hydrogen) atoms. The van der Waals surface area contributed by atoms with E-state index in [0.717, 1.165) is 44.1 Å². The van der Waals surface area contributed by atoms with Crippen molar-refractivity contribution in [1.82, 2.24) is 10.6 Å². The van der Waals surface area contributed by atoms with Crippen LogP contribution in [0.25, 0.3) is 6.08 Å². The minimum Gasteiger partial charge on any atom is -0.499 e. The number of ether oxygens (including phenoxy) is 5. The van der Waals surface area contributed by atoms with E-state index >= 15 is 0 Å². The van der Waals surface area contributed by atoms with E-state index in [-0.39, 0.29) is 43.6 Å². The highest BCUT2D eigenvalue weighted by Gasteiger charge is 2.52. The van der Waals surface area contributed by atoms with Gasteiger partial charge in [-0.1, -0.05) is 51.7 Å². The lowest BCUT2D eigenvalue weighted by Gasteiger charge is -2.31. The summed E-state index contributed by atoms with van der Waals surface area (Å²) in [5.74, 6) is -3.46. The lowest BCUT2D eigenvalue weighted by Crippen LogP contribution is -2.55. The quantitative estimate of drug-likeness (QED) is 0.0587. The van der Waals surface area contributed by atoms with Crippen LogP contribution >= 0.6 is 0 Å². The Hall–Kier alpha value is -3.82. The molecule has 1 aliphatic carbocycles. The molecule has 3 rings (SSSR count). The number of nitrogens with one attached hydrogen (secondary N) is 2. The Bertz CT molecular complexity index is 1460. The van der Waals surface area contributed by atoms with Crippen molar-refractivity contribution >= 4 is 29.8 Å². The van der Waals surface area contributed by atoms with Crippen LogP contribution in [0.1, 0.15) is 128 Å². The molecular weight excluding hydrogens is 724 g/mol.